The molecule has 0 saturated carbocycles. The summed E-state index contributed by atoms with van der Waals surface area (Å²) in [5, 5.41) is 11.1. The zero-order chi connectivity index (χ0) is 16.4. The second-order valence-corrected chi connectivity index (χ2v) is 5.81. The minimum atomic E-state index is -0.675. The van der Waals surface area contributed by atoms with Crippen LogP contribution in [-0.2, 0) is 0 Å². The van der Waals surface area contributed by atoms with Crippen LogP contribution in [0, 0.1) is 0 Å². The predicted octanol–water partition coefficient (Wildman–Crippen LogP) is 4.55. The van der Waals surface area contributed by atoms with E-state index < -0.39 is 12.2 Å². The van der Waals surface area contributed by atoms with Crippen molar-refractivity contribution in [1.29, 1.82) is 0 Å². The summed E-state index contributed by atoms with van der Waals surface area (Å²) in [6, 6.07) is 15.2. The Labute approximate surface area is 141 Å². The maximum absolute atomic E-state index is 10.5. The summed E-state index contributed by atoms with van der Waals surface area (Å²) in [5.74, 6) is 1.42. The van der Waals surface area contributed by atoms with Gasteiger partial charge in [-0.3, -0.25) is 0 Å². The molecule has 1 aliphatic heterocycles. The van der Waals surface area contributed by atoms with Crippen LogP contribution in [0.2, 0.25) is 0 Å². The second kappa shape index (κ2) is 6.65. The predicted molar refractivity (Wildman–Crippen MR) is 91.9 cm³/mol. The number of ether oxygens (including phenoxy) is 2. The standard InChI is InChI=1S/C19H19ClO3/c1-3-14(21)17-18(20)12-8-4-7-11-16(12)23-19(17)13-9-5-6-10-15(13)22-2/h4-11,14,19,21H,3H2,1-2H3/t14-,19-/m1/s1. The second-order valence-electron chi connectivity index (χ2n) is 5.43. The number of fused-ring (bicyclic) bond motifs is 1. The molecule has 1 aliphatic rings. The number of benzene rings is 2. The van der Waals surface area contributed by atoms with Gasteiger partial charge in [0.15, 0.2) is 6.10 Å². The topological polar surface area (TPSA) is 38.7 Å². The molecule has 120 valence electrons. The van der Waals surface area contributed by atoms with Crippen molar-refractivity contribution in [2.75, 3.05) is 7.11 Å². The number of para-hydroxylation sites is 2. The summed E-state index contributed by atoms with van der Waals surface area (Å²) in [5.41, 5.74) is 2.34. The summed E-state index contributed by atoms with van der Waals surface area (Å²) in [6.45, 7) is 1.92. The van der Waals surface area contributed by atoms with Crippen molar-refractivity contribution in [2.45, 2.75) is 25.6 Å². The highest BCUT2D eigenvalue weighted by molar-refractivity contribution is 6.49. The highest BCUT2D eigenvalue weighted by Crippen LogP contribution is 2.47. The highest BCUT2D eigenvalue weighted by atomic mass is 35.5. The molecule has 1 N–H and O–H groups in total. The zero-order valence-electron chi connectivity index (χ0n) is 13.1. The van der Waals surface area contributed by atoms with Crippen molar-refractivity contribution in [3.8, 4) is 11.5 Å². The minimum absolute atomic E-state index is 0.469. The van der Waals surface area contributed by atoms with Gasteiger partial charge in [0.25, 0.3) is 0 Å². The normalized spacial score (nSPS) is 18.2. The average molecular weight is 331 g/mol. The van der Waals surface area contributed by atoms with Gasteiger partial charge in [-0.1, -0.05) is 48.9 Å². The number of hydrogen-bond donors (Lipinski definition) is 1. The lowest BCUT2D eigenvalue weighted by Gasteiger charge is -2.32. The van der Waals surface area contributed by atoms with Crippen LogP contribution in [0.3, 0.4) is 0 Å². The van der Waals surface area contributed by atoms with Gasteiger partial charge >= 0.3 is 0 Å². The van der Waals surface area contributed by atoms with Gasteiger partial charge in [0.1, 0.15) is 11.5 Å². The van der Waals surface area contributed by atoms with Gasteiger partial charge in [-0.25, -0.2) is 0 Å². The van der Waals surface area contributed by atoms with Gasteiger partial charge in [0.05, 0.1) is 18.2 Å². The first kappa shape index (κ1) is 15.9. The van der Waals surface area contributed by atoms with Crippen LogP contribution in [0.4, 0.5) is 0 Å². The van der Waals surface area contributed by atoms with Crippen LogP contribution in [0.25, 0.3) is 5.03 Å². The molecule has 0 fully saturated rings. The van der Waals surface area contributed by atoms with E-state index >= 15 is 0 Å². The molecule has 0 amide bonds. The van der Waals surface area contributed by atoms with E-state index in [9.17, 15) is 5.11 Å². The van der Waals surface area contributed by atoms with Gasteiger partial charge in [0, 0.05) is 16.7 Å². The van der Waals surface area contributed by atoms with E-state index in [4.69, 9.17) is 21.1 Å². The maximum atomic E-state index is 10.5. The van der Waals surface area contributed by atoms with E-state index in [1.54, 1.807) is 7.11 Å². The SMILES string of the molecule is CC[C@@H](O)C1=C(Cl)c2ccccc2O[C@@H]1c1ccccc1OC. The third-order valence-corrected chi connectivity index (χ3v) is 4.49. The molecule has 0 radical (unpaired) electrons. The molecule has 4 heteroatoms. The molecule has 3 rings (SSSR count). The van der Waals surface area contributed by atoms with Gasteiger partial charge in [-0.2, -0.15) is 0 Å². The van der Waals surface area contributed by atoms with Crippen LogP contribution in [0.1, 0.15) is 30.6 Å². The van der Waals surface area contributed by atoms with Crippen molar-refractivity contribution < 1.29 is 14.6 Å². The lowest BCUT2D eigenvalue weighted by atomic mass is 9.90. The molecule has 23 heavy (non-hydrogen) atoms. The van der Waals surface area contributed by atoms with Crippen LogP contribution < -0.4 is 9.47 Å². The first-order chi connectivity index (χ1) is 11.2. The molecule has 3 nitrogen and oxygen atoms in total. The van der Waals surface area contributed by atoms with Crippen molar-refractivity contribution in [2.24, 2.45) is 0 Å². The Hall–Kier alpha value is -1.97. The highest BCUT2D eigenvalue weighted by Gasteiger charge is 2.34. The molecule has 0 unspecified atom stereocenters. The number of rotatable bonds is 4. The molecule has 0 saturated heterocycles. The zero-order valence-corrected chi connectivity index (χ0v) is 13.9. The summed E-state index contributed by atoms with van der Waals surface area (Å²) in [6.07, 6.45) is -0.586. The quantitative estimate of drug-likeness (QED) is 0.893. The van der Waals surface area contributed by atoms with Crippen molar-refractivity contribution in [1.82, 2.24) is 0 Å². The maximum Gasteiger partial charge on any atom is 0.153 e. The molecule has 0 spiro atoms. The Morgan fingerprint density at radius 3 is 2.61 bits per heavy atom. The molecule has 2 atom stereocenters. The monoisotopic (exact) mass is 330 g/mol. The largest absolute Gasteiger partial charge is 0.496 e. The van der Waals surface area contributed by atoms with Gasteiger partial charge < -0.3 is 14.6 Å². The Kier molecular flexibility index (Phi) is 4.60. The van der Waals surface area contributed by atoms with Crippen LogP contribution in [-0.4, -0.2) is 18.3 Å². The Morgan fingerprint density at radius 1 is 1.17 bits per heavy atom. The molecule has 0 aromatic heterocycles. The van der Waals surface area contributed by atoms with Crippen LogP contribution >= 0.6 is 11.6 Å². The number of halogens is 1. The fourth-order valence-electron chi connectivity index (χ4n) is 2.87. The first-order valence-electron chi connectivity index (χ1n) is 7.64. The van der Waals surface area contributed by atoms with Gasteiger partial charge in [-0.15, -0.1) is 0 Å². The van der Waals surface area contributed by atoms with Crippen LogP contribution in [0.15, 0.2) is 54.1 Å². The third-order valence-electron chi connectivity index (χ3n) is 4.07. The van der Waals surface area contributed by atoms with Crippen molar-refractivity contribution in [3.63, 3.8) is 0 Å². The van der Waals surface area contributed by atoms with E-state index in [1.165, 1.54) is 0 Å². The van der Waals surface area contributed by atoms with E-state index in [2.05, 4.69) is 0 Å². The number of hydrogen-bond acceptors (Lipinski definition) is 3. The Balaban J connectivity index is 2.18. The van der Waals surface area contributed by atoms with E-state index in [0.29, 0.717) is 28.5 Å². The van der Waals surface area contributed by atoms with Crippen molar-refractivity contribution in [3.05, 3.63) is 65.2 Å². The van der Waals surface area contributed by atoms with Crippen LogP contribution in [0.5, 0.6) is 11.5 Å². The minimum Gasteiger partial charge on any atom is -0.496 e. The number of aliphatic hydroxyl groups excluding tert-OH is 1. The number of methoxy groups -OCH3 is 1. The van der Waals surface area contributed by atoms with E-state index in [-0.39, 0.29) is 0 Å². The fraction of sp³-hybridized carbons (Fsp3) is 0.263. The summed E-state index contributed by atoms with van der Waals surface area (Å²) < 4.78 is 11.6. The molecule has 2 aromatic carbocycles. The molecule has 1 heterocycles. The summed E-state index contributed by atoms with van der Waals surface area (Å²) in [7, 11) is 1.62. The summed E-state index contributed by atoms with van der Waals surface area (Å²) in [4.78, 5) is 0. The third kappa shape index (κ3) is 2.82. The Morgan fingerprint density at radius 2 is 1.87 bits per heavy atom. The molecule has 0 aliphatic carbocycles. The van der Waals surface area contributed by atoms with Gasteiger partial charge in [0.2, 0.25) is 0 Å². The average Bonchev–Trinajstić information content (AvgIpc) is 2.61. The lowest BCUT2D eigenvalue weighted by Crippen LogP contribution is -2.25. The van der Waals surface area contributed by atoms with Crippen molar-refractivity contribution >= 4 is 16.6 Å². The fourth-order valence-corrected chi connectivity index (χ4v) is 3.25. The lowest BCUT2D eigenvalue weighted by molar-refractivity contribution is 0.150. The molecular formula is C19H19ClO3. The molecule has 0 bridgehead atoms. The number of aliphatic hydroxyl groups is 1. The smallest absolute Gasteiger partial charge is 0.153 e. The first-order valence-corrected chi connectivity index (χ1v) is 8.01. The van der Waals surface area contributed by atoms with Gasteiger partial charge in [-0.05, 0) is 24.6 Å². The summed E-state index contributed by atoms with van der Waals surface area (Å²) >= 11 is 6.63. The molecular weight excluding hydrogens is 312 g/mol. The van der Waals surface area contributed by atoms with E-state index in [0.717, 1.165) is 11.1 Å². The van der Waals surface area contributed by atoms with E-state index in [1.807, 2.05) is 55.5 Å². The molecule has 2 aromatic rings. The Bertz CT molecular complexity index is 739.